The van der Waals surface area contributed by atoms with Crippen molar-refractivity contribution in [3.8, 4) is 0 Å². The fourth-order valence-corrected chi connectivity index (χ4v) is 1.33. The van der Waals surface area contributed by atoms with E-state index < -0.39 is 0 Å². The zero-order valence-corrected chi connectivity index (χ0v) is 10.0. The second kappa shape index (κ2) is 6.48. The molecule has 0 aromatic carbocycles. The van der Waals surface area contributed by atoms with Crippen LogP contribution in [0.1, 0.15) is 26.7 Å². The summed E-state index contributed by atoms with van der Waals surface area (Å²) in [6, 6.07) is 0.109. The fourth-order valence-electron chi connectivity index (χ4n) is 1.33. The van der Waals surface area contributed by atoms with Gasteiger partial charge in [0.05, 0.1) is 13.1 Å². The lowest BCUT2D eigenvalue weighted by Gasteiger charge is -2.09. The summed E-state index contributed by atoms with van der Waals surface area (Å²) in [7, 11) is 0. The van der Waals surface area contributed by atoms with E-state index in [-0.39, 0.29) is 24.4 Å². The van der Waals surface area contributed by atoms with Gasteiger partial charge < -0.3 is 16.0 Å². The molecule has 2 amide bonds. The number of carbonyl (C=O) groups is 2. The first-order chi connectivity index (χ1) is 7.58. The van der Waals surface area contributed by atoms with Crippen molar-refractivity contribution < 1.29 is 9.59 Å². The Kier molecular flexibility index (Phi) is 5.25. The third-order valence-corrected chi connectivity index (χ3v) is 2.31. The largest absolute Gasteiger partial charge is 0.352 e. The van der Waals surface area contributed by atoms with Crippen LogP contribution in [-0.4, -0.2) is 37.5 Å². The smallest absolute Gasteiger partial charge is 0.239 e. The topological polar surface area (TPSA) is 70.2 Å². The maximum Gasteiger partial charge on any atom is 0.239 e. The monoisotopic (exact) mass is 227 g/mol. The van der Waals surface area contributed by atoms with E-state index in [9.17, 15) is 9.59 Å². The van der Waals surface area contributed by atoms with E-state index in [4.69, 9.17) is 0 Å². The van der Waals surface area contributed by atoms with Gasteiger partial charge in [-0.3, -0.25) is 9.59 Å². The Morgan fingerprint density at radius 3 is 2.44 bits per heavy atom. The minimum atomic E-state index is -0.148. The van der Waals surface area contributed by atoms with Crippen LogP contribution in [0.15, 0.2) is 0 Å². The van der Waals surface area contributed by atoms with Gasteiger partial charge in [0.1, 0.15) is 0 Å². The molecule has 3 N–H and O–H groups in total. The quantitative estimate of drug-likeness (QED) is 0.555. The molecule has 5 nitrogen and oxygen atoms in total. The average molecular weight is 227 g/mol. The zero-order valence-electron chi connectivity index (χ0n) is 10.0. The number of nitrogens with one attached hydrogen (secondary N) is 3. The SMILES string of the molecule is CC(C)NC(=O)CNC(=O)CNCC1CC1. The van der Waals surface area contributed by atoms with E-state index in [0.29, 0.717) is 6.54 Å². The molecule has 0 aliphatic heterocycles. The van der Waals surface area contributed by atoms with Crippen molar-refractivity contribution >= 4 is 11.8 Å². The van der Waals surface area contributed by atoms with Crippen LogP contribution in [0.4, 0.5) is 0 Å². The molecule has 1 fully saturated rings. The lowest BCUT2D eigenvalue weighted by atomic mass is 10.4. The summed E-state index contributed by atoms with van der Waals surface area (Å²) in [6.45, 7) is 5.03. The van der Waals surface area contributed by atoms with Gasteiger partial charge in [0.15, 0.2) is 0 Å². The summed E-state index contributed by atoms with van der Waals surface area (Å²) in [5.74, 6) is 0.488. The van der Waals surface area contributed by atoms with Crippen LogP contribution in [0.2, 0.25) is 0 Å². The van der Waals surface area contributed by atoms with Crippen LogP contribution in [-0.2, 0) is 9.59 Å². The maximum atomic E-state index is 11.3. The fraction of sp³-hybridized carbons (Fsp3) is 0.818. The average Bonchev–Trinajstić information content (AvgIpc) is 2.97. The van der Waals surface area contributed by atoms with Crippen LogP contribution in [0, 0.1) is 5.92 Å². The predicted octanol–water partition coefficient (Wildman–Crippen LogP) is -0.373. The Bertz CT molecular complexity index is 250. The van der Waals surface area contributed by atoms with Gasteiger partial charge in [-0.05, 0) is 39.2 Å². The van der Waals surface area contributed by atoms with E-state index in [1.54, 1.807) is 0 Å². The Hall–Kier alpha value is -1.10. The first kappa shape index (κ1) is 13.0. The van der Waals surface area contributed by atoms with Crippen molar-refractivity contribution in [2.24, 2.45) is 5.92 Å². The molecule has 0 aromatic heterocycles. The van der Waals surface area contributed by atoms with Crippen molar-refractivity contribution in [3.05, 3.63) is 0 Å². The highest BCUT2D eigenvalue weighted by Crippen LogP contribution is 2.27. The maximum absolute atomic E-state index is 11.3. The van der Waals surface area contributed by atoms with Gasteiger partial charge in [0.2, 0.25) is 11.8 Å². The zero-order chi connectivity index (χ0) is 12.0. The van der Waals surface area contributed by atoms with E-state index in [1.165, 1.54) is 12.8 Å². The number of hydrogen-bond acceptors (Lipinski definition) is 3. The van der Waals surface area contributed by atoms with Gasteiger partial charge in [0.25, 0.3) is 0 Å². The van der Waals surface area contributed by atoms with E-state index in [2.05, 4.69) is 16.0 Å². The molecule has 1 saturated carbocycles. The minimum Gasteiger partial charge on any atom is -0.352 e. The number of rotatable bonds is 7. The lowest BCUT2D eigenvalue weighted by Crippen LogP contribution is -2.42. The summed E-state index contributed by atoms with van der Waals surface area (Å²) in [4.78, 5) is 22.5. The Morgan fingerprint density at radius 1 is 1.19 bits per heavy atom. The summed E-state index contributed by atoms with van der Waals surface area (Å²) in [6.07, 6.45) is 2.54. The van der Waals surface area contributed by atoms with Gasteiger partial charge in [-0.15, -0.1) is 0 Å². The Morgan fingerprint density at radius 2 is 1.88 bits per heavy atom. The number of carbonyl (C=O) groups excluding carboxylic acids is 2. The lowest BCUT2D eigenvalue weighted by molar-refractivity contribution is -0.125. The van der Waals surface area contributed by atoms with Crippen LogP contribution in [0.3, 0.4) is 0 Å². The molecule has 0 unspecified atom stereocenters. The van der Waals surface area contributed by atoms with Gasteiger partial charge in [0, 0.05) is 6.04 Å². The first-order valence-electron chi connectivity index (χ1n) is 5.84. The molecule has 0 radical (unpaired) electrons. The van der Waals surface area contributed by atoms with E-state index in [0.717, 1.165) is 12.5 Å². The summed E-state index contributed by atoms with van der Waals surface area (Å²) < 4.78 is 0. The molecule has 1 aliphatic carbocycles. The molecule has 5 heteroatoms. The molecular formula is C11H21N3O2. The van der Waals surface area contributed by atoms with E-state index >= 15 is 0 Å². The van der Waals surface area contributed by atoms with Crippen LogP contribution >= 0.6 is 0 Å². The first-order valence-corrected chi connectivity index (χ1v) is 5.84. The van der Waals surface area contributed by atoms with Gasteiger partial charge in [-0.1, -0.05) is 0 Å². The molecule has 0 heterocycles. The Balaban J connectivity index is 1.97. The molecule has 1 rings (SSSR count). The summed E-state index contributed by atoms with van der Waals surface area (Å²) in [5, 5.41) is 8.34. The Labute approximate surface area is 96.4 Å². The van der Waals surface area contributed by atoms with Gasteiger partial charge >= 0.3 is 0 Å². The van der Waals surface area contributed by atoms with Crippen molar-refractivity contribution in [1.82, 2.24) is 16.0 Å². The predicted molar refractivity (Wildman–Crippen MR) is 61.9 cm³/mol. The van der Waals surface area contributed by atoms with Gasteiger partial charge in [-0.2, -0.15) is 0 Å². The van der Waals surface area contributed by atoms with E-state index in [1.807, 2.05) is 13.8 Å². The molecule has 0 saturated heterocycles. The molecular weight excluding hydrogens is 206 g/mol. The number of hydrogen-bond donors (Lipinski definition) is 3. The highest BCUT2D eigenvalue weighted by molar-refractivity contribution is 5.85. The van der Waals surface area contributed by atoms with Crippen molar-refractivity contribution in [3.63, 3.8) is 0 Å². The normalized spacial score (nSPS) is 14.9. The molecule has 1 aliphatic rings. The summed E-state index contributed by atoms with van der Waals surface area (Å²) in [5.41, 5.74) is 0. The third kappa shape index (κ3) is 6.40. The second-order valence-electron chi connectivity index (χ2n) is 4.57. The third-order valence-electron chi connectivity index (χ3n) is 2.31. The minimum absolute atomic E-state index is 0.0577. The van der Waals surface area contributed by atoms with Crippen LogP contribution < -0.4 is 16.0 Å². The molecule has 0 atom stereocenters. The number of amides is 2. The highest BCUT2D eigenvalue weighted by atomic mass is 16.2. The second-order valence-corrected chi connectivity index (χ2v) is 4.57. The van der Waals surface area contributed by atoms with Crippen LogP contribution in [0.5, 0.6) is 0 Å². The van der Waals surface area contributed by atoms with Crippen molar-refractivity contribution in [2.75, 3.05) is 19.6 Å². The van der Waals surface area contributed by atoms with Crippen LogP contribution in [0.25, 0.3) is 0 Å². The molecule has 0 spiro atoms. The molecule has 0 bridgehead atoms. The molecule has 92 valence electrons. The van der Waals surface area contributed by atoms with Crippen molar-refractivity contribution in [1.29, 1.82) is 0 Å². The molecule has 0 aromatic rings. The summed E-state index contributed by atoms with van der Waals surface area (Å²) >= 11 is 0. The molecule has 16 heavy (non-hydrogen) atoms. The van der Waals surface area contributed by atoms with Crippen molar-refractivity contribution in [2.45, 2.75) is 32.7 Å². The highest BCUT2D eigenvalue weighted by Gasteiger charge is 2.20. The van der Waals surface area contributed by atoms with Gasteiger partial charge in [-0.25, -0.2) is 0 Å². The standard InChI is InChI=1S/C11H21N3O2/c1-8(2)14-11(16)7-13-10(15)6-12-5-9-3-4-9/h8-9,12H,3-7H2,1-2H3,(H,13,15)(H,14,16).